The summed E-state index contributed by atoms with van der Waals surface area (Å²) in [4.78, 5) is 0. The van der Waals surface area contributed by atoms with Crippen molar-refractivity contribution in [1.29, 1.82) is 0 Å². The molecule has 0 spiro atoms. The van der Waals surface area contributed by atoms with Crippen molar-refractivity contribution < 1.29 is 9.30 Å². The average molecular weight is 737 g/mol. The van der Waals surface area contributed by atoms with E-state index in [2.05, 4.69) is 85.0 Å². The lowest BCUT2D eigenvalue weighted by Gasteiger charge is -2.25. The molecule has 0 saturated carbocycles. The third-order valence-electron chi connectivity index (χ3n) is 4.25. The molecule has 1 N–H and O–H groups in total. The first-order valence-electron chi connectivity index (χ1n) is 8.70. The molecule has 4 rings (SSSR count). The van der Waals surface area contributed by atoms with Crippen molar-refractivity contribution >= 4 is 92.3 Å². The maximum atomic E-state index is 14.0. The first-order chi connectivity index (χ1) is 13.9. The number of rotatable bonds is 4. The van der Waals surface area contributed by atoms with Gasteiger partial charge in [-0.2, -0.15) is 0 Å². The zero-order chi connectivity index (χ0) is 20.4. The van der Waals surface area contributed by atoms with E-state index in [1.807, 2.05) is 60.7 Å². The largest absolute Gasteiger partial charge is 0.456 e. The van der Waals surface area contributed by atoms with Gasteiger partial charge in [0.2, 0.25) is 7.29 Å². The molecule has 7 heteroatoms. The SMILES string of the molecule is O=P1(Nc2c(I)cc(I)cc2I)C=C(c2ccccc2)OC(c2ccccc2)=C1. The van der Waals surface area contributed by atoms with Crippen LogP contribution in [0.1, 0.15) is 11.1 Å². The molecule has 146 valence electrons. The number of ether oxygens (including phenoxy) is 1. The van der Waals surface area contributed by atoms with Crippen LogP contribution < -0.4 is 5.09 Å². The standard InChI is InChI=1S/C22H15I3NO2P/c23-17-11-18(24)22(19(25)12-17)26-29(27)13-20(15-7-3-1-4-8-15)28-21(14-29)16-9-5-2-6-10-16/h1-14H,(H,26,27). The normalized spacial score (nSPS) is 15.1. The van der Waals surface area contributed by atoms with E-state index in [4.69, 9.17) is 4.74 Å². The second-order valence-corrected chi connectivity index (χ2v) is 12.1. The van der Waals surface area contributed by atoms with Crippen molar-refractivity contribution in [3.05, 3.63) is 106 Å². The minimum atomic E-state index is -3.06. The van der Waals surface area contributed by atoms with Gasteiger partial charge in [-0.1, -0.05) is 60.7 Å². The minimum Gasteiger partial charge on any atom is -0.456 e. The van der Waals surface area contributed by atoms with Gasteiger partial charge in [-0.05, 0) is 79.9 Å². The summed E-state index contributed by atoms with van der Waals surface area (Å²) < 4.78 is 23.4. The molecule has 0 amide bonds. The predicted octanol–water partition coefficient (Wildman–Crippen LogP) is 8.22. The van der Waals surface area contributed by atoms with Crippen molar-refractivity contribution in [1.82, 2.24) is 0 Å². The number of benzene rings is 3. The third kappa shape index (κ3) is 5.08. The zero-order valence-electron chi connectivity index (χ0n) is 15.0. The van der Waals surface area contributed by atoms with Crippen LogP contribution >= 0.6 is 75.1 Å². The summed E-state index contributed by atoms with van der Waals surface area (Å²) in [5.41, 5.74) is 2.66. The summed E-state index contributed by atoms with van der Waals surface area (Å²) in [5, 5.41) is 3.32. The Morgan fingerprint density at radius 3 is 1.62 bits per heavy atom. The number of halogens is 3. The molecule has 1 aliphatic rings. The molecular formula is C22H15I3NO2P. The van der Waals surface area contributed by atoms with Crippen LogP contribution in [0.5, 0.6) is 0 Å². The lowest BCUT2D eigenvalue weighted by atomic mass is 10.2. The van der Waals surface area contributed by atoms with E-state index in [0.29, 0.717) is 11.5 Å². The molecule has 3 aromatic rings. The molecule has 0 unspecified atom stereocenters. The molecule has 0 atom stereocenters. The predicted molar refractivity (Wildman–Crippen MR) is 146 cm³/mol. The third-order valence-corrected chi connectivity index (χ3v) is 8.38. The van der Waals surface area contributed by atoms with Crippen molar-refractivity contribution in [3.63, 3.8) is 0 Å². The Morgan fingerprint density at radius 2 is 1.17 bits per heavy atom. The van der Waals surface area contributed by atoms with E-state index in [0.717, 1.165) is 27.5 Å². The van der Waals surface area contributed by atoms with Gasteiger partial charge in [0.15, 0.2) is 0 Å². The highest BCUT2D eigenvalue weighted by Gasteiger charge is 2.28. The summed E-state index contributed by atoms with van der Waals surface area (Å²) in [6.07, 6.45) is 0. The van der Waals surface area contributed by atoms with Crippen LogP contribution in [0.15, 0.2) is 84.4 Å². The topological polar surface area (TPSA) is 38.3 Å². The molecule has 1 heterocycles. The molecule has 3 aromatic carbocycles. The smallest absolute Gasteiger partial charge is 0.220 e. The van der Waals surface area contributed by atoms with Gasteiger partial charge >= 0.3 is 0 Å². The first kappa shape index (κ1) is 21.4. The number of anilines is 1. The fourth-order valence-corrected chi connectivity index (χ4v) is 9.09. The fraction of sp³-hybridized carbons (Fsp3) is 0. The summed E-state index contributed by atoms with van der Waals surface area (Å²) in [6, 6.07) is 23.7. The van der Waals surface area contributed by atoms with Crippen molar-refractivity contribution in [2.75, 3.05) is 5.09 Å². The Kier molecular flexibility index (Phi) is 6.72. The molecule has 0 radical (unpaired) electrons. The summed E-state index contributed by atoms with van der Waals surface area (Å²) in [6.45, 7) is 0. The van der Waals surface area contributed by atoms with E-state index in [1.54, 1.807) is 11.6 Å². The summed E-state index contributed by atoms with van der Waals surface area (Å²) in [7, 11) is -3.06. The fourth-order valence-electron chi connectivity index (χ4n) is 2.92. The van der Waals surface area contributed by atoms with Crippen LogP contribution in [-0.4, -0.2) is 0 Å². The Morgan fingerprint density at radius 1 is 0.724 bits per heavy atom. The van der Waals surface area contributed by atoms with Gasteiger partial charge < -0.3 is 9.82 Å². The molecule has 1 aliphatic heterocycles. The van der Waals surface area contributed by atoms with Crippen molar-refractivity contribution in [2.24, 2.45) is 0 Å². The van der Waals surface area contributed by atoms with E-state index >= 15 is 0 Å². The van der Waals surface area contributed by atoms with E-state index in [-0.39, 0.29) is 0 Å². The Balaban J connectivity index is 1.81. The second kappa shape index (κ2) is 9.11. The molecule has 0 fully saturated rings. The molecular weight excluding hydrogens is 722 g/mol. The first-order valence-corrected chi connectivity index (χ1v) is 13.8. The van der Waals surface area contributed by atoms with Crippen molar-refractivity contribution in [3.8, 4) is 0 Å². The average Bonchev–Trinajstić information content (AvgIpc) is 2.72. The lowest BCUT2D eigenvalue weighted by Crippen LogP contribution is -2.05. The van der Waals surface area contributed by atoms with Gasteiger partial charge in [-0.15, -0.1) is 0 Å². The maximum absolute atomic E-state index is 14.0. The van der Waals surface area contributed by atoms with Gasteiger partial charge in [-0.25, -0.2) is 0 Å². The second-order valence-electron chi connectivity index (χ2n) is 6.39. The number of nitrogens with one attached hydrogen (secondary N) is 1. The van der Waals surface area contributed by atoms with E-state index in [9.17, 15) is 4.57 Å². The van der Waals surface area contributed by atoms with Gasteiger partial charge in [0.25, 0.3) is 0 Å². The molecule has 29 heavy (non-hydrogen) atoms. The maximum Gasteiger partial charge on any atom is 0.220 e. The highest BCUT2D eigenvalue weighted by Crippen LogP contribution is 2.57. The van der Waals surface area contributed by atoms with Gasteiger partial charge in [0.05, 0.1) is 5.69 Å². The van der Waals surface area contributed by atoms with Gasteiger partial charge in [0.1, 0.15) is 11.5 Å². The van der Waals surface area contributed by atoms with Crippen LogP contribution in [-0.2, 0) is 9.30 Å². The molecule has 3 nitrogen and oxygen atoms in total. The van der Waals surface area contributed by atoms with Crippen LogP contribution in [0.25, 0.3) is 11.5 Å². The Hall–Kier alpha value is -0.840. The monoisotopic (exact) mass is 737 g/mol. The summed E-state index contributed by atoms with van der Waals surface area (Å²) >= 11 is 6.86. The van der Waals surface area contributed by atoms with Gasteiger partial charge in [-0.3, -0.25) is 4.57 Å². The molecule has 0 aliphatic carbocycles. The number of hydrogen-bond acceptors (Lipinski definition) is 2. The molecule has 0 aromatic heterocycles. The zero-order valence-corrected chi connectivity index (χ0v) is 22.3. The quantitative estimate of drug-likeness (QED) is 0.217. The Labute approximate surface area is 210 Å². The summed E-state index contributed by atoms with van der Waals surface area (Å²) in [5.74, 6) is 4.63. The highest BCUT2D eigenvalue weighted by atomic mass is 127. The Bertz CT molecular complexity index is 1080. The molecule has 0 saturated heterocycles. The lowest BCUT2D eigenvalue weighted by molar-refractivity contribution is 0.469. The van der Waals surface area contributed by atoms with Gasteiger partial charge in [0, 0.05) is 33.5 Å². The van der Waals surface area contributed by atoms with E-state index < -0.39 is 7.29 Å². The van der Waals surface area contributed by atoms with Crippen molar-refractivity contribution in [2.45, 2.75) is 0 Å². The number of hydrogen-bond donors (Lipinski definition) is 1. The van der Waals surface area contributed by atoms with Crippen LogP contribution in [0.4, 0.5) is 5.69 Å². The molecule has 0 bridgehead atoms. The minimum absolute atomic E-state index is 0.596. The highest BCUT2D eigenvalue weighted by molar-refractivity contribution is 14.1. The van der Waals surface area contributed by atoms with Crippen LogP contribution in [0.3, 0.4) is 0 Å². The van der Waals surface area contributed by atoms with Crippen LogP contribution in [0, 0.1) is 10.7 Å². The van der Waals surface area contributed by atoms with Crippen LogP contribution in [0.2, 0.25) is 0 Å². The van der Waals surface area contributed by atoms with E-state index in [1.165, 1.54) is 0 Å².